The molecular weight excluding hydrogens is 1050 g/mol. The standard InChI is InChI=1S/C10H20O.C9H18O2.C9H14O.C8H16O3.C8H14O.C7H14O.2C6H12O2.C6H12O/c1-3-4-9-6-5-8(2)10(11)7-9;1-3-5-10-6-9(4-2)7-11-8-9;1-2-5-3-6-4-7(5)9-8(6)10-9;1-4-9-5-7-6-10-8(2,3)11-7;1-2-6-3-4-7-8(5-6)9-7;1-3-5-7-8-6-4-2;1-2-6(3-7)4-8-5-6;1-2-3-7-4-6-5-8-6;1-3-5-6-7-4-2/h8-11H,3-7H2,1-2H3;3-8H2,1-2H3;5-9H,2-4H2,1H3;7H,4-6H2,1-3H3;6-8H,2-5H2,1H3;4,6H,3,5,7H2,1-2H3;7H,2-5H2,1H3;6H,2-5H2,1H3;4H,2-3,5-6H2,1H3. The maximum atomic E-state index is 9.57. The van der Waals surface area contributed by atoms with Gasteiger partial charge < -0.3 is 67.1 Å². The van der Waals surface area contributed by atoms with E-state index in [2.05, 4.69) is 75.8 Å². The number of ether oxygens (including phenoxy) is 12. The fourth-order valence-corrected chi connectivity index (χ4v) is 11.4. The number of fused-ring (bicyclic) bond motifs is 6. The maximum absolute atomic E-state index is 9.57. The van der Waals surface area contributed by atoms with Gasteiger partial charge in [0.25, 0.3) is 0 Å². The molecule has 6 heterocycles. The molecule has 4 saturated carbocycles. The summed E-state index contributed by atoms with van der Waals surface area (Å²) in [4.78, 5) is 0. The summed E-state index contributed by atoms with van der Waals surface area (Å²) in [7, 11) is 0. The second-order valence-electron chi connectivity index (χ2n) is 25.6. The van der Waals surface area contributed by atoms with Crippen molar-refractivity contribution in [3.05, 3.63) is 25.2 Å². The molecule has 492 valence electrons. The van der Waals surface area contributed by atoms with Gasteiger partial charge in [-0.3, -0.25) is 0 Å². The summed E-state index contributed by atoms with van der Waals surface area (Å²) in [5, 5.41) is 18.3. The highest BCUT2D eigenvalue weighted by molar-refractivity contribution is 5.10. The van der Waals surface area contributed by atoms with Crippen molar-refractivity contribution in [2.45, 2.75) is 274 Å². The first-order valence-corrected chi connectivity index (χ1v) is 34.0. The topological polar surface area (TPSA) is 161 Å². The number of allylic oxidation sites excluding steroid dienone is 1. The molecule has 2 bridgehead atoms. The van der Waals surface area contributed by atoms with E-state index in [1.165, 1.54) is 96.2 Å². The van der Waals surface area contributed by atoms with Gasteiger partial charge in [-0.25, -0.2) is 0 Å². The van der Waals surface area contributed by atoms with Crippen LogP contribution in [0.2, 0.25) is 0 Å². The minimum atomic E-state index is -0.415. The van der Waals surface area contributed by atoms with Gasteiger partial charge in [0.15, 0.2) is 5.79 Å². The Morgan fingerprint density at radius 1 is 0.627 bits per heavy atom. The lowest BCUT2D eigenvalue weighted by Crippen LogP contribution is -2.45. The number of epoxide rings is 3. The Hall–Kier alpha value is -1.40. The summed E-state index contributed by atoms with van der Waals surface area (Å²) in [6.45, 7) is 44.6. The van der Waals surface area contributed by atoms with Crippen LogP contribution in [0, 0.1) is 46.3 Å². The van der Waals surface area contributed by atoms with Crippen LogP contribution in [-0.2, 0) is 56.8 Å². The summed E-state index contributed by atoms with van der Waals surface area (Å²) < 4.78 is 62.7. The molecule has 14 nitrogen and oxygen atoms in total. The van der Waals surface area contributed by atoms with Crippen LogP contribution in [-0.4, -0.2) is 158 Å². The highest BCUT2D eigenvalue weighted by atomic mass is 16.7. The molecule has 83 heavy (non-hydrogen) atoms. The minimum absolute atomic E-state index is 0.0136. The van der Waals surface area contributed by atoms with Crippen molar-refractivity contribution in [3.8, 4) is 0 Å². The van der Waals surface area contributed by atoms with E-state index in [1.54, 1.807) is 6.26 Å². The molecule has 4 aliphatic carbocycles. The van der Waals surface area contributed by atoms with Gasteiger partial charge in [0.1, 0.15) is 12.2 Å². The van der Waals surface area contributed by atoms with Gasteiger partial charge >= 0.3 is 0 Å². The lowest BCUT2D eigenvalue weighted by Gasteiger charge is -2.40. The molecule has 0 radical (unpaired) electrons. The van der Waals surface area contributed by atoms with Crippen LogP contribution in [0.25, 0.3) is 0 Å². The number of rotatable bonds is 26. The Morgan fingerprint density at radius 3 is 1.71 bits per heavy atom. The van der Waals surface area contributed by atoms with Crippen molar-refractivity contribution in [1.29, 1.82) is 0 Å². The number of aliphatic hydroxyl groups is 2. The van der Waals surface area contributed by atoms with Crippen molar-refractivity contribution < 1.29 is 67.1 Å². The van der Waals surface area contributed by atoms with Gasteiger partial charge in [-0.15, -0.1) is 0 Å². The van der Waals surface area contributed by atoms with Crippen molar-refractivity contribution in [2.24, 2.45) is 46.3 Å². The first-order valence-electron chi connectivity index (χ1n) is 34.0. The molecule has 10 aliphatic rings. The summed E-state index contributed by atoms with van der Waals surface area (Å²) in [6.07, 6.45) is 33.6. The molecule has 0 aromatic heterocycles. The predicted octanol–water partition coefficient (Wildman–Crippen LogP) is 14.9. The van der Waals surface area contributed by atoms with Crippen molar-refractivity contribution >= 4 is 0 Å². The highest BCUT2D eigenvalue weighted by Gasteiger charge is 2.62. The summed E-state index contributed by atoms with van der Waals surface area (Å²) >= 11 is 0. The molecule has 13 unspecified atom stereocenters. The molecule has 6 aliphatic heterocycles. The Balaban J connectivity index is 0.000000320. The van der Waals surface area contributed by atoms with Gasteiger partial charge in [0.05, 0.1) is 122 Å². The average molecular weight is 1190 g/mol. The molecule has 10 rings (SSSR count). The third kappa shape index (κ3) is 33.1. The van der Waals surface area contributed by atoms with E-state index in [9.17, 15) is 5.11 Å². The average Bonchev–Trinajstić information content (AvgIpc) is 2.67. The van der Waals surface area contributed by atoms with Gasteiger partial charge in [-0.05, 0) is 147 Å². The van der Waals surface area contributed by atoms with Gasteiger partial charge in [0, 0.05) is 30.7 Å². The summed E-state index contributed by atoms with van der Waals surface area (Å²) in [5.74, 6) is 4.89. The second-order valence-corrected chi connectivity index (χ2v) is 25.6. The number of aliphatic hydroxyl groups excluding tert-OH is 2. The zero-order chi connectivity index (χ0) is 61.4. The Bertz CT molecular complexity index is 1530. The first-order chi connectivity index (χ1) is 40.1. The molecule has 0 spiro atoms. The number of unbranched alkanes of at least 4 members (excludes halogenated alkanes) is 2. The highest BCUT2D eigenvalue weighted by Crippen LogP contribution is 2.59. The van der Waals surface area contributed by atoms with E-state index in [0.717, 1.165) is 160 Å². The van der Waals surface area contributed by atoms with Crippen molar-refractivity contribution in [2.75, 3.05) is 99.1 Å². The smallest absolute Gasteiger partial charge is 0.163 e. The lowest BCUT2D eigenvalue weighted by atomic mass is 9.79. The van der Waals surface area contributed by atoms with Gasteiger partial charge in [-0.1, -0.05) is 127 Å². The SMILES string of the molecule is C=COCCCC.CC=COCCCC.CCC1(CO)COC1.CCC1CC2CC1C1OC21.CCC1CCC2OC2C1.CCCC1CCC(C)C(O)C1.CCCOCC1(CC)COC1.CCCOCC1CO1.CCOCC1COC(C)(C)O1. The number of hydrogen-bond donors (Lipinski definition) is 2. The van der Waals surface area contributed by atoms with E-state index in [1.807, 2.05) is 33.8 Å². The van der Waals surface area contributed by atoms with Crippen LogP contribution in [0.3, 0.4) is 0 Å². The first kappa shape index (κ1) is 77.7. The largest absolute Gasteiger partial charge is 0.502 e. The fraction of sp³-hybridized carbons (Fsp3) is 0.942. The van der Waals surface area contributed by atoms with Crippen molar-refractivity contribution in [1.82, 2.24) is 0 Å². The Labute approximate surface area is 509 Å². The molecule has 10 fully saturated rings. The Morgan fingerprint density at radius 2 is 1.27 bits per heavy atom. The van der Waals surface area contributed by atoms with Gasteiger partial charge in [0.2, 0.25) is 0 Å². The monoisotopic (exact) mass is 1180 g/mol. The van der Waals surface area contributed by atoms with Crippen LogP contribution >= 0.6 is 0 Å². The third-order valence-corrected chi connectivity index (χ3v) is 17.8. The zero-order valence-electron chi connectivity index (χ0n) is 56.0. The molecule has 13 atom stereocenters. The van der Waals surface area contributed by atoms with Crippen LogP contribution in [0.15, 0.2) is 25.2 Å². The van der Waals surface area contributed by atoms with E-state index >= 15 is 0 Å². The predicted molar refractivity (Wildman–Crippen MR) is 337 cm³/mol. The lowest BCUT2D eigenvalue weighted by molar-refractivity contribution is -0.150. The molecule has 14 heteroatoms. The van der Waals surface area contributed by atoms with E-state index < -0.39 is 5.79 Å². The van der Waals surface area contributed by atoms with E-state index in [4.69, 9.17) is 61.9 Å². The van der Waals surface area contributed by atoms with Crippen molar-refractivity contribution in [3.63, 3.8) is 0 Å². The second kappa shape index (κ2) is 45.8. The fourth-order valence-electron chi connectivity index (χ4n) is 11.4. The maximum Gasteiger partial charge on any atom is 0.163 e. The minimum Gasteiger partial charge on any atom is -0.502 e. The van der Waals surface area contributed by atoms with Crippen LogP contribution in [0.5, 0.6) is 0 Å². The van der Waals surface area contributed by atoms with Crippen LogP contribution in [0.4, 0.5) is 0 Å². The Kier molecular flexibility index (Phi) is 42.9. The molecule has 0 amide bonds. The van der Waals surface area contributed by atoms with E-state index in [0.29, 0.717) is 42.9 Å². The summed E-state index contributed by atoms with van der Waals surface area (Å²) in [5.41, 5.74) is 0.509. The number of hydrogen-bond acceptors (Lipinski definition) is 14. The van der Waals surface area contributed by atoms with Crippen LogP contribution in [0.1, 0.15) is 225 Å². The quantitative estimate of drug-likeness (QED) is 0.0478. The molecule has 2 N–H and O–H groups in total. The molecule has 0 aromatic carbocycles. The molecule has 6 saturated heterocycles. The normalized spacial score (nSPS) is 31.2. The third-order valence-electron chi connectivity index (χ3n) is 17.8. The van der Waals surface area contributed by atoms with E-state index in [-0.39, 0.29) is 24.2 Å². The zero-order valence-corrected chi connectivity index (χ0v) is 56.0. The molecule has 0 aromatic rings. The van der Waals surface area contributed by atoms with Gasteiger partial charge in [-0.2, -0.15) is 0 Å². The molecular formula is C69H132O14. The summed E-state index contributed by atoms with van der Waals surface area (Å²) in [6, 6.07) is 0. The van der Waals surface area contributed by atoms with Crippen LogP contribution < -0.4 is 0 Å².